The molecule has 2 aromatic carbocycles. The smallest absolute Gasteiger partial charge is 0.321 e. The van der Waals surface area contributed by atoms with Gasteiger partial charge in [-0.25, -0.2) is 0 Å². The number of ether oxygens (including phenoxy) is 1. The summed E-state index contributed by atoms with van der Waals surface area (Å²) in [6, 6.07) is 17.3. The zero-order valence-corrected chi connectivity index (χ0v) is 19.1. The molecule has 2 aliphatic heterocycles. The van der Waals surface area contributed by atoms with Crippen LogP contribution in [0.3, 0.4) is 0 Å². The maximum atomic E-state index is 13.8. The van der Waals surface area contributed by atoms with Gasteiger partial charge in [0, 0.05) is 7.05 Å². The highest BCUT2D eigenvalue weighted by Gasteiger charge is 2.70. The number of benzene rings is 2. The Morgan fingerprint density at radius 2 is 1.84 bits per heavy atom. The van der Waals surface area contributed by atoms with E-state index in [-0.39, 0.29) is 5.97 Å². The van der Waals surface area contributed by atoms with Crippen molar-refractivity contribution in [1.29, 1.82) is 0 Å². The van der Waals surface area contributed by atoms with Crippen LogP contribution < -0.4 is 10.6 Å². The molecule has 0 aliphatic carbocycles. The van der Waals surface area contributed by atoms with E-state index in [1.807, 2.05) is 49.2 Å². The standard InChI is InChI=1S/C24H28N4O2S/c1-5-16-11-13-18(14-12-16)19-24(21(29)30-4)20(17-9-7-6-8-10-17)26-22(31)27-23(24,2)28(3)15-25-19/h6-15,19-20H,5H2,1-4H3,(H2,26,27,31)/t19?,20-,23+,24+/m1/s1. The van der Waals surface area contributed by atoms with Gasteiger partial charge in [-0.15, -0.1) is 0 Å². The minimum atomic E-state index is -1.14. The summed E-state index contributed by atoms with van der Waals surface area (Å²) >= 11 is 5.59. The first-order chi connectivity index (χ1) is 14.9. The molecule has 0 spiro atoms. The molecule has 1 saturated heterocycles. The van der Waals surface area contributed by atoms with Crippen LogP contribution in [0.4, 0.5) is 0 Å². The second-order valence-electron chi connectivity index (χ2n) is 8.25. The van der Waals surface area contributed by atoms with Crippen molar-refractivity contribution in [3.8, 4) is 0 Å². The predicted molar refractivity (Wildman–Crippen MR) is 126 cm³/mol. The SMILES string of the molecule is CCc1ccc(C2N=CN(C)[C@]3(C)NC(=S)N[C@H](c4ccccc4)[C@]23C(=O)OC)cc1. The first kappa shape index (κ1) is 21.3. The zero-order chi connectivity index (χ0) is 22.2. The zero-order valence-electron chi connectivity index (χ0n) is 18.3. The number of carbonyl (C=O) groups is 1. The lowest BCUT2D eigenvalue weighted by atomic mass is 9.59. The molecular weight excluding hydrogens is 408 g/mol. The van der Waals surface area contributed by atoms with Gasteiger partial charge in [-0.1, -0.05) is 61.5 Å². The Kier molecular flexibility index (Phi) is 5.47. The van der Waals surface area contributed by atoms with E-state index in [2.05, 4.69) is 41.8 Å². The van der Waals surface area contributed by atoms with Crippen molar-refractivity contribution in [2.75, 3.05) is 14.2 Å². The van der Waals surface area contributed by atoms with Crippen LogP contribution in [-0.4, -0.2) is 42.1 Å². The van der Waals surface area contributed by atoms with Crippen molar-refractivity contribution in [2.45, 2.75) is 38.0 Å². The van der Waals surface area contributed by atoms with Gasteiger partial charge in [0.2, 0.25) is 0 Å². The van der Waals surface area contributed by atoms with E-state index in [0.29, 0.717) is 5.11 Å². The first-order valence-corrected chi connectivity index (χ1v) is 10.9. The number of hydrogen-bond donors (Lipinski definition) is 2. The highest BCUT2D eigenvalue weighted by molar-refractivity contribution is 7.80. The predicted octanol–water partition coefficient (Wildman–Crippen LogP) is 3.36. The second kappa shape index (κ2) is 7.96. The molecule has 2 aromatic rings. The van der Waals surface area contributed by atoms with Crippen LogP contribution in [0.5, 0.6) is 0 Å². The molecule has 1 unspecified atom stereocenters. The molecule has 0 saturated carbocycles. The van der Waals surface area contributed by atoms with E-state index in [4.69, 9.17) is 21.9 Å². The maximum Gasteiger partial charge on any atom is 0.321 e. The monoisotopic (exact) mass is 436 g/mol. The first-order valence-electron chi connectivity index (χ1n) is 10.5. The van der Waals surface area contributed by atoms with Gasteiger partial charge in [0.1, 0.15) is 5.66 Å². The van der Waals surface area contributed by atoms with Crippen molar-refractivity contribution >= 4 is 29.6 Å². The van der Waals surface area contributed by atoms with Crippen LogP contribution in [0, 0.1) is 5.41 Å². The topological polar surface area (TPSA) is 66.0 Å². The molecule has 2 N–H and O–H groups in total. The Balaban J connectivity index is 2.01. The molecule has 7 heteroatoms. The number of nitrogens with zero attached hydrogens (tertiary/aromatic N) is 2. The Hall–Kier alpha value is -2.93. The lowest BCUT2D eigenvalue weighted by Crippen LogP contribution is -2.79. The van der Waals surface area contributed by atoms with Crippen LogP contribution in [0.15, 0.2) is 59.6 Å². The van der Waals surface area contributed by atoms with Crippen LogP contribution in [0.2, 0.25) is 0 Å². The van der Waals surface area contributed by atoms with Gasteiger partial charge in [-0.05, 0) is 42.3 Å². The number of methoxy groups -OCH3 is 1. The molecule has 162 valence electrons. The summed E-state index contributed by atoms with van der Waals surface area (Å²) in [5.74, 6) is -0.348. The Labute approximate surface area is 188 Å². The van der Waals surface area contributed by atoms with Crippen LogP contribution in [-0.2, 0) is 16.0 Å². The Morgan fingerprint density at radius 1 is 1.16 bits per heavy atom. The number of esters is 1. The fourth-order valence-corrected chi connectivity index (χ4v) is 5.28. The van der Waals surface area contributed by atoms with E-state index in [0.717, 1.165) is 17.5 Å². The van der Waals surface area contributed by atoms with Crippen molar-refractivity contribution in [1.82, 2.24) is 15.5 Å². The number of aliphatic imine (C=N–C) groups is 1. The van der Waals surface area contributed by atoms with Crippen molar-refractivity contribution in [2.24, 2.45) is 10.4 Å². The summed E-state index contributed by atoms with van der Waals surface area (Å²) in [7, 11) is 3.34. The van der Waals surface area contributed by atoms with Crippen LogP contribution >= 0.6 is 12.2 Å². The summed E-state index contributed by atoms with van der Waals surface area (Å²) < 4.78 is 5.48. The molecule has 0 bridgehead atoms. The van der Waals surface area contributed by atoms with Gasteiger partial charge in [0.05, 0.1) is 25.5 Å². The lowest BCUT2D eigenvalue weighted by Gasteiger charge is -2.61. The highest BCUT2D eigenvalue weighted by Crippen LogP contribution is 2.57. The van der Waals surface area contributed by atoms with Gasteiger partial charge in [0.25, 0.3) is 0 Å². The highest BCUT2D eigenvalue weighted by atomic mass is 32.1. The van der Waals surface area contributed by atoms with Crippen LogP contribution in [0.1, 0.15) is 42.6 Å². The van der Waals surface area contributed by atoms with Gasteiger partial charge in [0.15, 0.2) is 10.5 Å². The summed E-state index contributed by atoms with van der Waals surface area (Å²) in [5.41, 5.74) is 1.12. The number of rotatable bonds is 4. The second-order valence-corrected chi connectivity index (χ2v) is 8.66. The molecule has 2 heterocycles. The summed E-state index contributed by atoms with van der Waals surface area (Å²) in [6.07, 6.45) is 2.73. The third kappa shape index (κ3) is 3.10. The number of nitrogens with one attached hydrogen (secondary N) is 2. The maximum absolute atomic E-state index is 13.8. The number of fused-ring (bicyclic) bond motifs is 1. The number of carbonyl (C=O) groups excluding carboxylic acids is 1. The molecule has 1 fully saturated rings. The molecule has 6 nitrogen and oxygen atoms in total. The molecule has 31 heavy (non-hydrogen) atoms. The lowest BCUT2D eigenvalue weighted by molar-refractivity contribution is -0.172. The number of hydrogen-bond acceptors (Lipinski definition) is 5. The van der Waals surface area contributed by atoms with Gasteiger partial charge >= 0.3 is 5.97 Å². The minimum absolute atomic E-state index is 0.348. The molecule has 4 rings (SSSR count). The Bertz CT molecular complexity index is 1010. The molecule has 0 radical (unpaired) electrons. The quantitative estimate of drug-likeness (QED) is 0.566. The van der Waals surface area contributed by atoms with Crippen molar-refractivity contribution in [3.63, 3.8) is 0 Å². The fourth-order valence-electron chi connectivity index (χ4n) is 4.96. The fraction of sp³-hybridized carbons (Fsp3) is 0.375. The molecule has 0 aromatic heterocycles. The third-order valence-corrected chi connectivity index (χ3v) is 7.00. The van der Waals surface area contributed by atoms with Crippen molar-refractivity contribution in [3.05, 3.63) is 71.3 Å². The number of aryl methyl sites for hydroxylation is 1. The molecular formula is C24H28N4O2S. The average Bonchev–Trinajstić information content (AvgIpc) is 2.79. The average molecular weight is 437 g/mol. The van der Waals surface area contributed by atoms with E-state index < -0.39 is 23.2 Å². The minimum Gasteiger partial charge on any atom is -0.468 e. The number of thiocarbonyl (C=S) groups is 1. The Morgan fingerprint density at radius 3 is 2.45 bits per heavy atom. The molecule has 4 atom stereocenters. The largest absolute Gasteiger partial charge is 0.468 e. The molecule has 2 aliphatic rings. The van der Waals surface area contributed by atoms with E-state index in [9.17, 15) is 4.79 Å². The van der Waals surface area contributed by atoms with Crippen LogP contribution in [0.25, 0.3) is 0 Å². The van der Waals surface area contributed by atoms with Gasteiger partial charge in [-0.3, -0.25) is 9.79 Å². The van der Waals surface area contributed by atoms with Gasteiger partial charge < -0.3 is 20.3 Å². The summed E-state index contributed by atoms with van der Waals surface area (Å²) in [4.78, 5) is 20.6. The van der Waals surface area contributed by atoms with E-state index in [1.165, 1.54) is 12.7 Å². The summed E-state index contributed by atoms with van der Waals surface area (Å²) in [5, 5.41) is 7.24. The normalized spacial score (nSPS) is 29.5. The van der Waals surface area contributed by atoms with Gasteiger partial charge in [-0.2, -0.15) is 0 Å². The van der Waals surface area contributed by atoms with E-state index >= 15 is 0 Å². The van der Waals surface area contributed by atoms with E-state index in [1.54, 1.807) is 6.34 Å². The van der Waals surface area contributed by atoms with Crippen molar-refractivity contribution < 1.29 is 9.53 Å². The summed E-state index contributed by atoms with van der Waals surface area (Å²) in [6.45, 7) is 4.11. The molecule has 0 amide bonds. The third-order valence-electron chi connectivity index (χ3n) is 6.78.